The Hall–Kier alpha value is -3.27. The quantitative estimate of drug-likeness (QED) is 0.246. The van der Waals surface area contributed by atoms with Crippen LogP contribution in [0.1, 0.15) is 38.3 Å². The fourth-order valence-corrected chi connectivity index (χ4v) is 6.24. The number of carbonyl (C=O) groups is 2. The molecule has 0 fully saturated rings. The highest BCUT2D eigenvalue weighted by atomic mass is 35.5. The standard InChI is InChI=1S/C31H37Cl2N3O5S/c1-6-29(31(38)34-18-21(2)3)35(19-26-27(32)8-7-9-28(26)33)30(37)20-36(23-12-14-24(41-5)15-13-23)42(39,40)25-16-10-22(4)11-17-25/h7-17,21,29H,6,18-20H2,1-5H3,(H,34,38)/t29-/m1/s1. The van der Waals surface area contributed by atoms with Crippen LogP contribution in [0.3, 0.4) is 0 Å². The Bertz CT molecular complexity index is 1460. The Kier molecular flexibility index (Phi) is 11.7. The number of amides is 2. The summed E-state index contributed by atoms with van der Waals surface area (Å²) in [6, 6.07) is 16.8. The van der Waals surface area contributed by atoms with Crippen LogP contribution in [0.4, 0.5) is 5.69 Å². The molecule has 2 amide bonds. The molecule has 11 heteroatoms. The molecule has 42 heavy (non-hydrogen) atoms. The van der Waals surface area contributed by atoms with E-state index < -0.39 is 28.5 Å². The van der Waals surface area contributed by atoms with Gasteiger partial charge in [-0.15, -0.1) is 0 Å². The fourth-order valence-electron chi connectivity index (χ4n) is 4.31. The summed E-state index contributed by atoms with van der Waals surface area (Å²) in [6.07, 6.45) is 0.283. The van der Waals surface area contributed by atoms with Crippen molar-refractivity contribution in [3.8, 4) is 5.75 Å². The molecule has 0 radical (unpaired) electrons. The van der Waals surface area contributed by atoms with E-state index in [0.29, 0.717) is 27.9 Å². The molecule has 0 aliphatic heterocycles. The minimum Gasteiger partial charge on any atom is -0.497 e. The molecular formula is C31H37Cl2N3O5S. The van der Waals surface area contributed by atoms with E-state index in [1.807, 2.05) is 20.8 Å². The topological polar surface area (TPSA) is 96.0 Å². The molecule has 0 saturated heterocycles. The molecule has 3 rings (SSSR count). The van der Waals surface area contributed by atoms with Crippen molar-refractivity contribution in [1.82, 2.24) is 10.2 Å². The first kappa shape index (κ1) is 33.2. The van der Waals surface area contributed by atoms with E-state index in [1.54, 1.807) is 61.5 Å². The molecule has 3 aromatic carbocycles. The van der Waals surface area contributed by atoms with E-state index in [-0.39, 0.29) is 35.4 Å². The summed E-state index contributed by atoms with van der Waals surface area (Å²) >= 11 is 12.9. The Morgan fingerprint density at radius 3 is 2.07 bits per heavy atom. The lowest BCUT2D eigenvalue weighted by molar-refractivity contribution is -0.140. The van der Waals surface area contributed by atoms with Gasteiger partial charge in [0, 0.05) is 28.7 Å². The number of anilines is 1. The van der Waals surface area contributed by atoms with Gasteiger partial charge in [-0.1, -0.05) is 67.7 Å². The number of methoxy groups -OCH3 is 1. The van der Waals surface area contributed by atoms with Gasteiger partial charge in [-0.3, -0.25) is 13.9 Å². The average Bonchev–Trinajstić information content (AvgIpc) is 2.96. The number of ether oxygens (including phenoxy) is 1. The molecule has 0 aliphatic carbocycles. The number of sulfonamides is 1. The van der Waals surface area contributed by atoms with Crippen molar-refractivity contribution >= 4 is 50.7 Å². The van der Waals surface area contributed by atoms with Crippen LogP contribution < -0.4 is 14.4 Å². The molecule has 1 atom stereocenters. The molecule has 0 aromatic heterocycles. The van der Waals surface area contributed by atoms with Gasteiger partial charge in [0.25, 0.3) is 10.0 Å². The average molecular weight is 635 g/mol. The molecule has 1 N–H and O–H groups in total. The first-order chi connectivity index (χ1) is 19.9. The number of hydrogen-bond donors (Lipinski definition) is 1. The normalized spacial score (nSPS) is 12.1. The summed E-state index contributed by atoms with van der Waals surface area (Å²) in [5.74, 6) is -0.219. The molecule has 0 unspecified atom stereocenters. The molecular weight excluding hydrogens is 597 g/mol. The Morgan fingerprint density at radius 1 is 0.952 bits per heavy atom. The van der Waals surface area contributed by atoms with Gasteiger partial charge >= 0.3 is 0 Å². The largest absolute Gasteiger partial charge is 0.497 e. The Labute approximate surface area is 258 Å². The van der Waals surface area contributed by atoms with Crippen molar-refractivity contribution in [2.75, 3.05) is 24.5 Å². The van der Waals surface area contributed by atoms with E-state index in [0.717, 1.165) is 9.87 Å². The van der Waals surface area contributed by atoms with Crippen molar-refractivity contribution in [3.63, 3.8) is 0 Å². The Morgan fingerprint density at radius 2 is 1.55 bits per heavy atom. The predicted molar refractivity (Wildman–Crippen MR) is 168 cm³/mol. The van der Waals surface area contributed by atoms with E-state index >= 15 is 0 Å². The highest BCUT2D eigenvalue weighted by molar-refractivity contribution is 7.92. The zero-order valence-corrected chi connectivity index (χ0v) is 26.8. The van der Waals surface area contributed by atoms with E-state index in [9.17, 15) is 18.0 Å². The lowest BCUT2D eigenvalue weighted by Gasteiger charge is -2.33. The maximum absolute atomic E-state index is 14.2. The number of carbonyl (C=O) groups excluding carboxylic acids is 2. The van der Waals surface area contributed by atoms with Crippen LogP contribution in [-0.4, -0.2) is 51.4 Å². The number of rotatable bonds is 13. The third kappa shape index (κ3) is 8.18. The van der Waals surface area contributed by atoms with Crippen molar-refractivity contribution in [2.45, 2.75) is 51.6 Å². The van der Waals surface area contributed by atoms with Gasteiger partial charge in [-0.05, 0) is 67.8 Å². The summed E-state index contributed by atoms with van der Waals surface area (Å²) in [7, 11) is -2.68. The summed E-state index contributed by atoms with van der Waals surface area (Å²) in [4.78, 5) is 28.9. The highest BCUT2D eigenvalue weighted by Gasteiger charge is 2.34. The van der Waals surface area contributed by atoms with Crippen LogP contribution in [0.2, 0.25) is 10.0 Å². The fraction of sp³-hybridized carbons (Fsp3) is 0.355. The molecule has 3 aromatic rings. The SMILES string of the molecule is CC[C@H](C(=O)NCC(C)C)N(Cc1c(Cl)cccc1Cl)C(=O)CN(c1ccc(OC)cc1)S(=O)(=O)c1ccc(C)cc1. The Balaban J connectivity index is 2.09. The second-order valence-corrected chi connectivity index (χ2v) is 13.0. The van der Waals surface area contributed by atoms with Crippen molar-refractivity contribution in [1.29, 1.82) is 0 Å². The lowest BCUT2D eigenvalue weighted by atomic mass is 10.1. The van der Waals surface area contributed by atoms with E-state index in [1.165, 1.54) is 24.1 Å². The summed E-state index contributed by atoms with van der Waals surface area (Å²) in [5, 5.41) is 3.56. The third-order valence-electron chi connectivity index (χ3n) is 6.71. The lowest BCUT2D eigenvalue weighted by Crippen LogP contribution is -2.52. The molecule has 0 heterocycles. The van der Waals surface area contributed by atoms with Crippen LogP contribution in [0, 0.1) is 12.8 Å². The van der Waals surface area contributed by atoms with Crippen LogP contribution in [0.15, 0.2) is 71.6 Å². The van der Waals surface area contributed by atoms with E-state index in [2.05, 4.69) is 5.32 Å². The number of nitrogens with one attached hydrogen (secondary N) is 1. The van der Waals surface area contributed by atoms with E-state index in [4.69, 9.17) is 27.9 Å². The van der Waals surface area contributed by atoms with Gasteiger partial charge in [0.1, 0.15) is 18.3 Å². The second kappa shape index (κ2) is 14.8. The number of halogens is 2. The van der Waals surface area contributed by atoms with Crippen LogP contribution in [0.25, 0.3) is 0 Å². The van der Waals surface area contributed by atoms with Crippen LogP contribution >= 0.6 is 23.2 Å². The van der Waals surface area contributed by atoms with Crippen molar-refractivity contribution < 1.29 is 22.7 Å². The summed E-state index contributed by atoms with van der Waals surface area (Å²) < 4.78 is 34.2. The van der Waals surface area contributed by atoms with Crippen LogP contribution in [-0.2, 0) is 26.2 Å². The van der Waals surface area contributed by atoms with Gasteiger partial charge in [-0.25, -0.2) is 8.42 Å². The van der Waals surface area contributed by atoms with Crippen molar-refractivity contribution in [2.24, 2.45) is 5.92 Å². The third-order valence-corrected chi connectivity index (χ3v) is 9.21. The van der Waals surface area contributed by atoms with Gasteiger partial charge < -0.3 is 15.0 Å². The smallest absolute Gasteiger partial charge is 0.264 e. The van der Waals surface area contributed by atoms with Crippen molar-refractivity contribution in [3.05, 3.63) is 87.9 Å². The van der Waals surface area contributed by atoms with Gasteiger partial charge in [-0.2, -0.15) is 0 Å². The molecule has 0 spiro atoms. The molecule has 0 bridgehead atoms. The summed E-state index contributed by atoms with van der Waals surface area (Å²) in [5.41, 5.74) is 1.61. The van der Waals surface area contributed by atoms with Gasteiger partial charge in [0.05, 0.1) is 17.7 Å². The number of hydrogen-bond acceptors (Lipinski definition) is 5. The predicted octanol–water partition coefficient (Wildman–Crippen LogP) is 6.09. The molecule has 0 aliphatic rings. The molecule has 8 nitrogen and oxygen atoms in total. The zero-order chi connectivity index (χ0) is 31.0. The second-order valence-electron chi connectivity index (χ2n) is 10.3. The molecule has 226 valence electrons. The monoisotopic (exact) mass is 633 g/mol. The maximum atomic E-state index is 14.2. The number of nitrogens with zero attached hydrogens (tertiary/aromatic N) is 2. The van der Waals surface area contributed by atoms with Crippen LogP contribution in [0.5, 0.6) is 5.75 Å². The van der Waals surface area contributed by atoms with Gasteiger partial charge in [0.2, 0.25) is 11.8 Å². The maximum Gasteiger partial charge on any atom is 0.264 e. The highest BCUT2D eigenvalue weighted by Crippen LogP contribution is 2.29. The first-order valence-corrected chi connectivity index (χ1v) is 15.8. The minimum absolute atomic E-state index is 0.0270. The number of aryl methyl sites for hydroxylation is 1. The summed E-state index contributed by atoms with van der Waals surface area (Å²) in [6.45, 7) is 7.34. The molecule has 0 saturated carbocycles. The minimum atomic E-state index is -4.19. The number of benzene rings is 3. The van der Waals surface area contributed by atoms with Gasteiger partial charge in [0.15, 0.2) is 0 Å². The first-order valence-electron chi connectivity index (χ1n) is 13.6. The zero-order valence-electron chi connectivity index (χ0n) is 24.4.